The zero-order chi connectivity index (χ0) is 19.3. The molecule has 3 aromatic rings. The first-order chi connectivity index (χ1) is 13.6. The third kappa shape index (κ3) is 2.91. The van der Waals surface area contributed by atoms with Gasteiger partial charge in [-0.15, -0.1) is 0 Å². The Bertz CT molecular complexity index is 1050. The van der Waals surface area contributed by atoms with E-state index in [1.807, 2.05) is 48.4 Å². The smallest absolute Gasteiger partial charge is 0.160 e. The fraction of sp³-hybridized carbons (Fsp3) is 0.238. The van der Waals surface area contributed by atoms with E-state index in [0.29, 0.717) is 5.25 Å². The summed E-state index contributed by atoms with van der Waals surface area (Å²) in [6, 6.07) is 14.8. The SMILES string of the molecule is C[C@H]1CN2C(=N[C@H](c3ccccn3)[C@@H]2c2cccn2-c2ccc(F)c(Cl)c2)S1. The van der Waals surface area contributed by atoms with Gasteiger partial charge in [0.1, 0.15) is 11.9 Å². The minimum absolute atomic E-state index is 0.0289. The number of rotatable bonds is 3. The summed E-state index contributed by atoms with van der Waals surface area (Å²) in [5.41, 5.74) is 2.87. The number of halogens is 2. The van der Waals surface area contributed by atoms with Gasteiger partial charge in [0.2, 0.25) is 0 Å². The average molecular weight is 413 g/mol. The van der Waals surface area contributed by atoms with Crippen molar-refractivity contribution in [3.05, 3.63) is 83.2 Å². The minimum atomic E-state index is -0.415. The lowest BCUT2D eigenvalue weighted by atomic mass is 10.0. The molecule has 28 heavy (non-hydrogen) atoms. The molecule has 0 N–H and O–H groups in total. The van der Waals surface area contributed by atoms with E-state index in [0.717, 1.165) is 28.8 Å². The summed E-state index contributed by atoms with van der Waals surface area (Å²) < 4.78 is 15.7. The van der Waals surface area contributed by atoms with Crippen molar-refractivity contribution in [1.82, 2.24) is 14.5 Å². The molecular formula is C21H18ClFN4S. The molecule has 0 saturated carbocycles. The van der Waals surface area contributed by atoms with E-state index < -0.39 is 5.82 Å². The first-order valence-electron chi connectivity index (χ1n) is 9.16. The molecule has 142 valence electrons. The van der Waals surface area contributed by atoms with Crippen LogP contribution in [0.25, 0.3) is 5.69 Å². The van der Waals surface area contributed by atoms with Crippen molar-refractivity contribution in [3.63, 3.8) is 0 Å². The van der Waals surface area contributed by atoms with Gasteiger partial charge in [-0.05, 0) is 42.5 Å². The number of thioether (sulfide) groups is 1. The van der Waals surface area contributed by atoms with E-state index >= 15 is 0 Å². The highest BCUT2D eigenvalue weighted by Crippen LogP contribution is 2.47. The number of benzene rings is 1. The Labute approximate surface area is 172 Å². The van der Waals surface area contributed by atoms with Crippen LogP contribution in [0.2, 0.25) is 5.02 Å². The van der Waals surface area contributed by atoms with Gasteiger partial charge >= 0.3 is 0 Å². The van der Waals surface area contributed by atoms with E-state index in [2.05, 4.69) is 27.4 Å². The zero-order valence-electron chi connectivity index (χ0n) is 15.2. The predicted molar refractivity (Wildman–Crippen MR) is 112 cm³/mol. The summed E-state index contributed by atoms with van der Waals surface area (Å²) in [7, 11) is 0. The van der Waals surface area contributed by atoms with Crippen molar-refractivity contribution < 1.29 is 4.39 Å². The largest absolute Gasteiger partial charge is 0.339 e. The summed E-state index contributed by atoms with van der Waals surface area (Å²) in [5.74, 6) is -0.415. The molecule has 0 bridgehead atoms. The van der Waals surface area contributed by atoms with E-state index in [9.17, 15) is 4.39 Å². The molecule has 2 aliphatic rings. The molecule has 1 saturated heterocycles. The van der Waals surface area contributed by atoms with Crippen molar-refractivity contribution in [2.75, 3.05) is 6.54 Å². The van der Waals surface area contributed by atoms with Crippen molar-refractivity contribution in [3.8, 4) is 5.69 Å². The second kappa shape index (κ2) is 6.94. The maximum atomic E-state index is 13.7. The first kappa shape index (κ1) is 17.8. The first-order valence-corrected chi connectivity index (χ1v) is 10.4. The molecule has 4 nitrogen and oxygen atoms in total. The van der Waals surface area contributed by atoms with Crippen LogP contribution in [0, 0.1) is 5.82 Å². The van der Waals surface area contributed by atoms with Crippen LogP contribution in [0.15, 0.2) is 65.9 Å². The molecule has 1 aromatic carbocycles. The Hall–Kier alpha value is -2.31. The summed E-state index contributed by atoms with van der Waals surface area (Å²) >= 11 is 7.85. The number of hydrogen-bond donors (Lipinski definition) is 0. The van der Waals surface area contributed by atoms with Crippen LogP contribution >= 0.6 is 23.4 Å². The number of fused-ring (bicyclic) bond motifs is 1. The second-order valence-electron chi connectivity index (χ2n) is 7.04. The Morgan fingerprint density at radius 1 is 1.18 bits per heavy atom. The minimum Gasteiger partial charge on any atom is -0.339 e. The van der Waals surface area contributed by atoms with Crippen molar-refractivity contribution in [2.45, 2.75) is 24.3 Å². The van der Waals surface area contributed by atoms with Gasteiger partial charge in [-0.1, -0.05) is 36.4 Å². The summed E-state index contributed by atoms with van der Waals surface area (Å²) in [6.45, 7) is 3.16. The highest BCUT2D eigenvalue weighted by atomic mass is 35.5. The lowest BCUT2D eigenvalue weighted by molar-refractivity contribution is 0.312. The van der Waals surface area contributed by atoms with Crippen LogP contribution in [-0.2, 0) is 0 Å². The molecular weight excluding hydrogens is 395 g/mol. The summed E-state index contributed by atoms with van der Waals surface area (Å²) in [5, 5.41) is 1.68. The van der Waals surface area contributed by atoms with Crippen molar-refractivity contribution >= 4 is 28.5 Å². The quantitative estimate of drug-likeness (QED) is 0.588. The normalized spacial score (nSPS) is 23.8. The molecule has 0 radical (unpaired) electrons. The second-order valence-corrected chi connectivity index (χ2v) is 8.85. The Balaban J connectivity index is 1.61. The Kier molecular flexibility index (Phi) is 4.40. The molecule has 4 heterocycles. The molecule has 0 unspecified atom stereocenters. The molecule has 3 atom stereocenters. The fourth-order valence-electron chi connectivity index (χ4n) is 3.94. The van der Waals surface area contributed by atoms with E-state index in [4.69, 9.17) is 16.6 Å². The van der Waals surface area contributed by atoms with Crippen LogP contribution in [-0.4, -0.2) is 31.4 Å². The molecule has 0 spiro atoms. The summed E-state index contributed by atoms with van der Waals surface area (Å²) in [6.07, 6.45) is 3.80. The average Bonchev–Trinajstić information content (AvgIpc) is 3.38. The Morgan fingerprint density at radius 2 is 2.07 bits per heavy atom. The van der Waals surface area contributed by atoms with Gasteiger partial charge in [0.15, 0.2) is 5.17 Å². The van der Waals surface area contributed by atoms with Gasteiger partial charge in [-0.25, -0.2) is 4.39 Å². The standard InChI is InChI=1S/C21H18ClFN4S/c1-13-12-27-20(19(25-21(27)28-13)17-5-2-3-9-24-17)18-6-4-10-26(18)14-7-8-16(23)15(22)11-14/h2-11,13,19-20H,12H2,1H3/t13-,19+,20-/m0/s1. The highest BCUT2D eigenvalue weighted by molar-refractivity contribution is 8.14. The molecule has 7 heteroatoms. The maximum Gasteiger partial charge on any atom is 0.160 e. The number of hydrogen-bond acceptors (Lipinski definition) is 4. The van der Waals surface area contributed by atoms with Crippen LogP contribution < -0.4 is 0 Å². The third-order valence-electron chi connectivity index (χ3n) is 5.15. The van der Waals surface area contributed by atoms with Crippen LogP contribution in [0.4, 0.5) is 4.39 Å². The monoisotopic (exact) mass is 412 g/mol. The van der Waals surface area contributed by atoms with Crippen LogP contribution in [0.1, 0.15) is 30.4 Å². The Morgan fingerprint density at radius 3 is 2.86 bits per heavy atom. The van der Waals surface area contributed by atoms with Crippen LogP contribution in [0.3, 0.4) is 0 Å². The highest BCUT2D eigenvalue weighted by Gasteiger charge is 2.44. The topological polar surface area (TPSA) is 33.4 Å². The maximum absolute atomic E-state index is 13.7. The number of aromatic nitrogens is 2. The zero-order valence-corrected chi connectivity index (χ0v) is 16.7. The summed E-state index contributed by atoms with van der Waals surface area (Å²) in [4.78, 5) is 12.0. The number of aliphatic imine (C=N–C) groups is 1. The molecule has 0 amide bonds. The van der Waals surface area contributed by atoms with Crippen LogP contribution in [0.5, 0.6) is 0 Å². The lowest BCUT2D eigenvalue weighted by Crippen LogP contribution is -2.30. The number of pyridine rings is 1. The van der Waals surface area contributed by atoms with Gasteiger partial charge in [0.05, 0.1) is 16.8 Å². The van der Waals surface area contributed by atoms with E-state index in [1.54, 1.807) is 12.1 Å². The predicted octanol–water partition coefficient (Wildman–Crippen LogP) is 5.25. The van der Waals surface area contributed by atoms with Gasteiger partial charge in [0, 0.05) is 35.6 Å². The van der Waals surface area contributed by atoms with E-state index in [-0.39, 0.29) is 17.1 Å². The fourth-order valence-corrected chi connectivity index (χ4v) is 5.21. The van der Waals surface area contributed by atoms with E-state index in [1.165, 1.54) is 6.07 Å². The lowest BCUT2D eigenvalue weighted by Gasteiger charge is -2.28. The van der Waals surface area contributed by atoms with Crippen molar-refractivity contribution in [1.29, 1.82) is 0 Å². The van der Waals surface area contributed by atoms with Gasteiger partial charge < -0.3 is 9.47 Å². The molecule has 0 aliphatic carbocycles. The van der Waals surface area contributed by atoms with Crippen molar-refractivity contribution in [2.24, 2.45) is 4.99 Å². The number of nitrogens with zero attached hydrogens (tertiary/aromatic N) is 4. The molecule has 2 aliphatic heterocycles. The molecule has 1 fully saturated rings. The third-order valence-corrected chi connectivity index (χ3v) is 6.54. The van der Waals surface area contributed by atoms with Gasteiger partial charge in [-0.2, -0.15) is 0 Å². The molecule has 2 aromatic heterocycles. The van der Waals surface area contributed by atoms with Gasteiger partial charge in [0.25, 0.3) is 0 Å². The number of amidine groups is 1. The molecule has 5 rings (SSSR count). The van der Waals surface area contributed by atoms with Gasteiger partial charge in [-0.3, -0.25) is 9.98 Å².